The van der Waals surface area contributed by atoms with Crippen LogP contribution in [-0.4, -0.2) is 63.5 Å². The van der Waals surface area contributed by atoms with Gasteiger partial charge in [0, 0.05) is 18.7 Å². The quantitative estimate of drug-likeness (QED) is 0.259. The van der Waals surface area contributed by atoms with Gasteiger partial charge in [0.05, 0.1) is 11.1 Å². The molecule has 0 fully saturated rings. The first-order valence-corrected chi connectivity index (χ1v) is 8.54. The van der Waals surface area contributed by atoms with Crippen molar-refractivity contribution in [2.24, 2.45) is 0 Å². The van der Waals surface area contributed by atoms with Gasteiger partial charge in [-0.3, -0.25) is 24.1 Å². The lowest BCUT2D eigenvalue weighted by Gasteiger charge is -2.14. The van der Waals surface area contributed by atoms with Crippen LogP contribution in [0.15, 0.2) is 36.4 Å². The van der Waals surface area contributed by atoms with Crippen molar-refractivity contribution >= 4 is 23.6 Å². The number of benzene rings is 2. The van der Waals surface area contributed by atoms with Crippen LogP contribution in [0.2, 0.25) is 0 Å². The second kappa shape index (κ2) is 7.89. The summed E-state index contributed by atoms with van der Waals surface area (Å²) in [6, 6.07) is 8.24. The van der Waals surface area contributed by atoms with Crippen molar-refractivity contribution in [3.63, 3.8) is 0 Å². The number of phenols is 3. The van der Waals surface area contributed by atoms with E-state index in [-0.39, 0.29) is 29.8 Å². The average Bonchev–Trinajstić information content (AvgIpc) is 2.94. The molecule has 10 nitrogen and oxygen atoms in total. The molecule has 4 amide bonds. The van der Waals surface area contributed by atoms with Gasteiger partial charge in [-0.25, -0.2) is 0 Å². The number of imide groups is 1. The van der Waals surface area contributed by atoms with Crippen LogP contribution in [0.5, 0.6) is 17.2 Å². The number of aromatic hydroxyl groups is 3. The van der Waals surface area contributed by atoms with E-state index in [0.29, 0.717) is 0 Å². The van der Waals surface area contributed by atoms with Gasteiger partial charge in [0.25, 0.3) is 17.7 Å². The number of fused-ring (bicyclic) bond motifs is 1. The van der Waals surface area contributed by atoms with E-state index in [9.17, 15) is 34.5 Å². The molecule has 0 bridgehead atoms. The summed E-state index contributed by atoms with van der Waals surface area (Å²) in [4.78, 5) is 49.3. The molecule has 0 unspecified atom stereocenters. The first kappa shape index (κ1) is 19.7. The molecular formula is C19H17N3O7. The van der Waals surface area contributed by atoms with Crippen LogP contribution in [0.25, 0.3) is 0 Å². The van der Waals surface area contributed by atoms with Crippen LogP contribution in [-0.2, 0) is 4.79 Å². The Labute approximate surface area is 164 Å². The van der Waals surface area contributed by atoms with Gasteiger partial charge < -0.3 is 26.0 Å². The van der Waals surface area contributed by atoms with Gasteiger partial charge in [-0.2, -0.15) is 0 Å². The molecular weight excluding hydrogens is 382 g/mol. The molecule has 150 valence electrons. The van der Waals surface area contributed by atoms with E-state index in [1.54, 1.807) is 12.1 Å². The summed E-state index contributed by atoms with van der Waals surface area (Å²) in [6.07, 6.45) is 0. The zero-order valence-electron chi connectivity index (χ0n) is 15.0. The minimum absolute atomic E-state index is 0.00902. The molecule has 0 saturated heterocycles. The second-order valence-corrected chi connectivity index (χ2v) is 6.21. The van der Waals surface area contributed by atoms with Crippen LogP contribution in [0.4, 0.5) is 0 Å². The predicted octanol–water partition coefficient (Wildman–Crippen LogP) is -0.0544. The van der Waals surface area contributed by atoms with Crippen molar-refractivity contribution in [1.82, 2.24) is 15.5 Å². The molecule has 2 aromatic carbocycles. The average molecular weight is 399 g/mol. The lowest BCUT2D eigenvalue weighted by Crippen LogP contribution is -2.42. The number of carbonyl (C=O) groups excluding carboxylic acids is 4. The van der Waals surface area contributed by atoms with Gasteiger partial charge in [-0.1, -0.05) is 12.1 Å². The van der Waals surface area contributed by atoms with Crippen LogP contribution in [0, 0.1) is 0 Å². The molecule has 0 saturated carbocycles. The minimum atomic E-state index is -0.734. The van der Waals surface area contributed by atoms with Gasteiger partial charge >= 0.3 is 0 Å². The highest BCUT2D eigenvalue weighted by atomic mass is 16.3. The summed E-state index contributed by atoms with van der Waals surface area (Å²) in [6.45, 7) is -0.418. The third kappa shape index (κ3) is 3.95. The fourth-order valence-corrected chi connectivity index (χ4v) is 2.80. The highest BCUT2D eigenvalue weighted by Crippen LogP contribution is 2.35. The number of amides is 4. The lowest BCUT2D eigenvalue weighted by molar-refractivity contribution is -0.121. The molecule has 1 aliphatic rings. The minimum Gasteiger partial charge on any atom is -0.504 e. The summed E-state index contributed by atoms with van der Waals surface area (Å²) in [5.74, 6) is -4.34. The van der Waals surface area contributed by atoms with Crippen LogP contribution < -0.4 is 10.6 Å². The number of nitrogens with one attached hydrogen (secondary N) is 2. The highest BCUT2D eigenvalue weighted by molar-refractivity contribution is 6.22. The first-order valence-electron chi connectivity index (χ1n) is 8.54. The van der Waals surface area contributed by atoms with Gasteiger partial charge in [0.2, 0.25) is 5.91 Å². The Bertz CT molecular complexity index is 961. The van der Waals surface area contributed by atoms with Crippen LogP contribution in [0.1, 0.15) is 31.1 Å². The van der Waals surface area contributed by atoms with Crippen molar-refractivity contribution in [3.05, 3.63) is 53.1 Å². The standard InChI is InChI=1S/C19H17N3O7/c23-13-7-10(8-14(24)16(13)26)17(27)21-6-5-20-15(25)9-22-18(28)11-3-1-2-4-12(11)19(22)29/h1-4,7-8,23-24,26H,5-6,9H2,(H,20,25)(H,21,27). The van der Waals surface area contributed by atoms with Crippen molar-refractivity contribution in [2.75, 3.05) is 19.6 Å². The molecule has 10 heteroatoms. The molecule has 29 heavy (non-hydrogen) atoms. The third-order valence-corrected chi connectivity index (χ3v) is 4.24. The van der Waals surface area contributed by atoms with Gasteiger partial charge in [0.15, 0.2) is 17.2 Å². The van der Waals surface area contributed by atoms with Crippen molar-refractivity contribution in [1.29, 1.82) is 0 Å². The van der Waals surface area contributed by atoms with Gasteiger partial charge in [-0.15, -0.1) is 0 Å². The molecule has 0 spiro atoms. The number of hydrogen-bond donors (Lipinski definition) is 5. The fraction of sp³-hybridized carbons (Fsp3) is 0.158. The molecule has 2 aromatic rings. The second-order valence-electron chi connectivity index (χ2n) is 6.21. The molecule has 0 aliphatic carbocycles. The maximum Gasteiger partial charge on any atom is 0.262 e. The normalized spacial score (nSPS) is 12.6. The molecule has 5 N–H and O–H groups in total. The molecule has 0 atom stereocenters. The molecule has 1 heterocycles. The van der Waals surface area contributed by atoms with Crippen molar-refractivity contribution < 1.29 is 34.5 Å². The van der Waals surface area contributed by atoms with E-state index < -0.39 is 47.4 Å². The van der Waals surface area contributed by atoms with E-state index in [4.69, 9.17) is 0 Å². The Kier molecular flexibility index (Phi) is 5.35. The number of phenolic OH excluding ortho intramolecular Hbond substituents is 3. The van der Waals surface area contributed by atoms with E-state index in [2.05, 4.69) is 10.6 Å². The lowest BCUT2D eigenvalue weighted by atomic mass is 10.1. The van der Waals surface area contributed by atoms with Crippen molar-refractivity contribution in [2.45, 2.75) is 0 Å². The Hall–Kier alpha value is -4.08. The smallest absolute Gasteiger partial charge is 0.262 e. The van der Waals surface area contributed by atoms with E-state index in [1.807, 2.05) is 0 Å². The largest absolute Gasteiger partial charge is 0.504 e. The Morgan fingerprint density at radius 3 is 1.93 bits per heavy atom. The Morgan fingerprint density at radius 2 is 1.38 bits per heavy atom. The zero-order valence-corrected chi connectivity index (χ0v) is 15.0. The van der Waals surface area contributed by atoms with E-state index in [0.717, 1.165) is 17.0 Å². The summed E-state index contributed by atoms with van der Waals surface area (Å²) in [5, 5.41) is 33.0. The van der Waals surface area contributed by atoms with Gasteiger partial charge in [0.1, 0.15) is 6.54 Å². The Morgan fingerprint density at radius 1 is 0.862 bits per heavy atom. The summed E-state index contributed by atoms with van der Waals surface area (Å²) < 4.78 is 0. The number of hydrogen-bond acceptors (Lipinski definition) is 7. The third-order valence-electron chi connectivity index (χ3n) is 4.24. The zero-order chi connectivity index (χ0) is 21.1. The predicted molar refractivity (Wildman–Crippen MR) is 98.6 cm³/mol. The Balaban J connectivity index is 1.47. The number of rotatable bonds is 6. The van der Waals surface area contributed by atoms with Crippen molar-refractivity contribution in [3.8, 4) is 17.2 Å². The molecule has 3 rings (SSSR count). The SMILES string of the molecule is O=C(CN1C(=O)c2ccccc2C1=O)NCCNC(=O)c1cc(O)c(O)c(O)c1. The van der Waals surface area contributed by atoms with Crippen LogP contribution >= 0.6 is 0 Å². The summed E-state index contributed by atoms with van der Waals surface area (Å²) in [7, 11) is 0. The number of nitrogens with zero attached hydrogens (tertiary/aromatic N) is 1. The molecule has 0 aromatic heterocycles. The fourth-order valence-electron chi connectivity index (χ4n) is 2.80. The van der Waals surface area contributed by atoms with E-state index in [1.165, 1.54) is 12.1 Å². The number of carbonyl (C=O) groups is 4. The summed E-state index contributed by atoms with van der Waals surface area (Å²) >= 11 is 0. The maximum absolute atomic E-state index is 12.2. The van der Waals surface area contributed by atoms with E-state index >= 15 is 0 Å². The molecule has 1 aliphatic heterocycles. The van der Waals surface area contributed by atoms with Crippen LogP contribution in [0.3, 0.4) is 0 Å². The summed E-state index contributed by atoms with van der Waals surface area (Å²) in [5.41, 5.74) is 0.408. The first-order chi connectivity index (χ1) is 13.8. The topological polar surface area (TPSA) is 156 Å². The van der Waals surface area contributed by atoms with Gasteiger partial charge in [-0.05, 0) is 24.3 Å². The monoisotopic (exact) mass is 399 g/mol. The maximum atomic E-state index is 12.2. The molecule has 0 radical (unpaired) electrons. The highest BCUT2D eigenvalue weighted by Gasteiger charge is 2.36.